The van der Waals surface area contributed by atoms with E-state index in [-0.39, 0.29) is 11.2 Å². The van der Waals surface area contributed by atoms with Gasteiger partial charge >= 0.3 is 0 Å². The van der Waals surface area contributed by atoms with Crippen molar-refractivity contribution in [3.63, 3.8) is 0 Å². The first-order chi connectivity index (χ1) is 15.2. The van der Waals surface area contributed by atoms with Crippen LogP contribution in [0.2, 0.25) is 0 Å². The zero-order valence-electron chi connectivity index (χ0n) is 17.4. The van der Waals surface area contributed by atoms with E-state index in [1.54, 1.807) is 22.7 Å². The lowest BCUT2D eigenvalue weighted by atomic mass is 9.72. The number of benzene rings is 2. The molecule has 2 aromatic carbocycles. The Morgan fingerprint density at radius 3 is 2.58 bits per heavy atom. The molecule has 0 spiro atoms. The smallest absolute Gasteiger partial charge is 0.188 e. The maximum Gasteiger partial charge on any atom is 0.188 e. The number of halogens is 1. The van der Waals surface area contributed by atoms with Gasteiger partial charge in [-0.1, -0.05) is 36.4 Å². The van der Waals surface area contributed by atoms with Crippen molar-refractivity contribution in [3.05, 3.63) is 77.6 Å². The summed E-state index contributed by atoms with van der Waals surface area (Å²) in [6, 6.07) is 18.8. The Hall–Kier alpha value is -3.32. The van der Waals surface area contributed by atoms with Crippen molar-refractivity contribution in [1.29, 1.82) is 0 Å². The Kier molecular flexibility index (Phi) is 5.11. The molecule has 5 rings (SSSR count). The van der Waals surface area contributed by atoms with E-state index in [4.69, 9.17) is 4.74 Å². The largest absolute Gasteiger partial charge is 0.381 e. The summed E-state index contributed by atoms with van der Waals surface area (Å²) in [7, 11) is 0. The molecular weight excluding hydrogens is 393 g/mol. The van der Waals surface area contributed by atoms with Gasteiger partial charge in [-0.05, 0) is 55.2 Å². The second-order valence-electron chi connectivity index (χ2n) is 8.05. The van der Waals surface area contributed by atoms with Crippen LogP contribution in [0.4, 0.5) is 10.2 Å². The highest BCUT2D eigenvalue weighted by molar-refractivity contribution is 5.60. The minimum Gasteiger partial charge on any atom is -0.381 e. The van der Waals surface area contributed by atoms with Gasteiger partial charge in [0.05, 0.1) is 5.56 Å². The molecule has 0 aliphatic carbocycles. The van der Waals surface area contributed by atoms with Crippen molar-refractivity contribution >= 4 is 11.5 Å². The molecule has 158 valence electrons. The molecule has 0 radical (unpaired) electrons. The molecule has 4 aromatic rings. The molecule has 7 heteroatoms. The molecule has 3 heterocycles. The first kappa shape index (κ1) is 19.6. The normalized spacial score (nSPS) is 15.8. The summed E-state index contributed by atoms with van der Waals surface area (Å²) in [6.45, 7) is 4.38. The van der Waals surface area contributed by atoms with E-state index in [1.807, 2.05) is 12.1 Å². The van der Waals surface area contributed by atoms with Gasteiger partial charge in [0.2, 0.25) is 0 Å². The van der Waals surface area contributed by atoms with E-state index in [0.717, 1.165) is 32.6 Å². The van der Waals surface area contributed by atoms with Crippen molar-refractivity contribution in [2.24, 2.45) is 0 Å². The molecule has 1 aliphatic heterocycles. The molecule has 0 bridgehead atoms. The molecule has 1 N–H and O–H groups in total. The Morgan fingerprint density at radius 1 is 1.00 bits per heavy atom. The van der Waals surface area contributed by atoms with Crippen LogP contribution in [-0.2, 0) is 10.2 Å². The van der Waals surface area contributed by atoms with E-state index < -0.39 is 0 Å². The number of nitrogens with zero attached hydrogens (tertiary/aromatic N) is 4. The SMILES string of the molecule is Cc1ccccc1C1(CNc2ccc3nnc(-c4ccccc4F)n3n2)CCOCC1. The van der Waals surface area contributed by atoms with Crippen LogP contribution in [0.25, 0.3) is 17.0 Å². The predicted octanol–water partition coefficient (Wildman–Crippen LogP) is 4.40. The summed E-state index contributed by atoms with van der Waals surface area (Å²) in [5.41, 5.74) is 3.56. The Bertz CT molecular complexity index is 1220. The number of anilines is 1. The molecular formula is C24H24FN5O. The average molecular weight is 417 g/mol. The molecule has 1 aliphatic rings. The van der Waals surface area contributed by atoms with Gasteiger partial charge in [-0.15, -0.1) is 15.3 Å². The van der Waals surface area contributed by atoms with Crippen molar-refractivity contribution in [3.8, 4) is 11.4 Å². The van der Waals surface area contributed by atoms with Crippen molar-refractivity contribution in [2.45, 2.75) is 25.2 Å². The second-order valence-corrected chi connectivity index (χ2v) is 8.05. The number of aryl methyl sites for hydroxylation is 1. The van der Waals surface area contributed by atoms with Crippen LogP contribution in [0, 0.1) is 12.7 Å². The monoisotopic (exact) mass is 417 g/mol. The number of ether oxygens (including phenoxy) is 1. The summed E-state index contributed by atoms with van der Waals surface area (Å²) in [5.74, 6) is 0.735. The third-order valence-corrected chi connectivity index (χ3v) is 6.15. The van der Waals surface area contributed by atoms with Crippen LogP contribution in [-0.4, -0.2) is 39.6 Å². The molecule has 2 aromatic heterocycles. The Balaban J connectivity index is 1.47. The van der Waals surface area contributed by atoms with E-state index in [1.165, 1.54) is 17.2 Å². The number of fused-ring (bicyclic) bond motifs is 1. The zero-order valence-corrected chi connectivity index (χ0v) is 17.4. The third kappa shape index (κ3) is 3.65. The molecule has 1 fully saturated rings. The molecule has 1 saturated heterocycles. The molecule has 6 nitrogen and oxygen atoms in total. The lowest BCUT2D eigenvalue weighted by molar-refractivity contribution is 0.0541. The van der Waals surface area contributed by atoms with Gasteiger partial charge in [0, 0.05) is 25.2 Å². The highest BCUT2D eigenvalue weighted by atomic mass is 19.1. The van der Waals surface area contributed by atoms with Gasteiger partial charge in [-0.3, -0.25) is 0 Å². The lowest BCUT2D eigenvalue weighted by Gasteiger charge is -2.39. The van der Waals surface area contributed by atoms with Gasteiger partial charge in [-0.25, -0.2) is 4.39 Å². The first-order valence-corrected chi connectivity index (χ1v) is 10.5. The number of hydrogen-bond donors (Lipinski definition) is 1. The van der Waals surface area contributed by atoms with Crippen LogP contribution >= 0.6 is 0 Å². The molecule has 31 heavy (non-hydrogen) atoms. The number of nitrogens with one attached hydrogen (secondary N) is 1. The predicted molar refractivity (Wildman–Crippen MR) is 118 cm³/mol. The van der Waals surface area contributed by atoms with Crippen LogP contribution in [0.3, 0.4) is 0 Å². The fraction of sp³-hybridized carbons (Fsp3) is 0.292. The minimum absolute atomic E-state index is 0.0260. The van der Waals surface area contributed by atoms with E-state index in [0.29, 0.717) is 22.9 Å². The van der Waals surface area contributed by atoms with Crippen LogP contribution in [0.5, 0.6) is 0 Å². The quantitative estimate of drug-likeness (QED) is 0.521. The standard InChI is InChI=1S/C24H24FN5O/c1-17-6-2-4-8-19(17)24(12-14-31-15-13-24)16-26-21-10-11-22-27-28-23(30(22)29-21)18-7-3-5-9-20(18)25/h2-11H,12-16H2,1H3,(H,26,29). The van der Waals surface area contributed by atoms with Crippen molar-refractivity contribution < 1.29 is 9.13 Å². The first-order valence-electron chi connectivity index (χ1n) is 10.5. The van der Waals surface area contributed by atoms with E-state index in [2.05, 4.69) is 51.8 Å². The topological polar surface area (TPSA) is 64.3 Å². The van der Waals surface area contributed by atoms with Crippen molar-refractivity contribution in [2.75, 3.05) is 25.1 Å². The fourth-order valence-corrected chi connectivity index (χ4v) is 4.42. The highest BCUT2D eigenvalue weighted by Crippen LogP contribution is 2.37. The van der Waals surface area contributed by atoms with E-state index >= 15 is 0 Å². The maximum atomic E-state index is 14.3. The minimum atomic E-state index is -0.349. The number of aromatic nitrogens is 4. The Morgan fingerprint density at radius 2 is 1.77 bits per heavy atom. The zero-order chi connectivity index (χ0) is 21.3. The van der Waals surface area contributed by atoms with Crippen molar-refractivity contribution in [1.82, 2.24) is 19.8 Å². The van der Waals surface area contributed by atoms with E-state index in [9.17, 15) is 4.39 Å². The van der Waals surface area contributed by atoms with Gasteiger partial charge in [0.15, 0.2) is 11.5 Å². The third-order valence-electron chi connectivity index (χ3n) is 6.15. The summed E-state index contributed by atoms with van der Waals surface area (Å²) in [4.78, 5) is 0. The van der Waals surface area contributed by atoms with Crippen LogP contribution in [0.1, 0.15) is 24.0 Å². The summed E-state index contributed by atoms with van der Waals surface area (Å²) >= 11 is 0. The second kappa shape index (κ2) is 8.07. The summed E-state index contributed by atoms with van der Waals surface area (Å²) < 4.78 is 21.6. The van der Waals surface area contributed by atoms with Gasteiger partial charge in [0.25, 0.3) is 0 Å². The average Bonchev–Trinajstić information content (AvgIpc) is 3.22. The highest BCUT2D eigenvalue weighted by Gasteiger charge is 2.35. The van der Waals surface area contributed by atoms with Crippen LogP contribution in [0.15, 0.2) is 60.7 Å². The summed E-state index contributed by atoms with van der Waals surface area (Å²) in [5, 5.41) is 16.5. The molecule has 0 atom stereocenters. The van der Waals surface area contributed by atoms with Gasteiger partial charge < -0.3 is 10.1 Å². The number of rotatable bonds is 5. The summed E-state index contributed by atoms with van der Waals surface area (Å²) in [6.07, 6.45) is 1.89. The van der Waals surface area contributed by atoms with Gasteiger partial charge in [0.1, 0.15) is 11.6 Å². The lowest BCUT2D eigenvalue weighted by Crippen LogP contribution is -2.40. The Labute approximate surface area is 180 Å². The molecule has 0 unspecified atom stereocenters. The van der Waals surface area contributed by atoms with Gasteiger partial charge in [-0.2, -0.15) is 4.52 Å². The number of hydrogen-bond acceptors (Lipinski definition) is 5. The molecule has 0 saturated carbocycles. The maximum absolute atomic E-state index is 14.3. The fourth-order valence-electron chi connectivity index (χ4n) is 4.42. The molecule has 0 amide bonds. The van der Waals surface area contributed by atoms with Crippen LogP contribution < -0.4 is 5.32 Å².